The molecule has 7 nitrogen and oxygen atoms in total. The second-order valence-electron chi connectivity index (χ2n) is 5.08. The Morgan fingerprint density at radius 2 is 2.11 bits per heavy atom. The first-order valence-corrected chi connectivity index (χ1v) is 7.90. The summed E-state index contributed by atoms with van der Waals surface area (Å²) in [7, 11) is -3.58. The molecule has 0 amide bonds. The van der Waals surface area contributed by atoms with Gasteiger partial charge in [0.1, 0.15) is 0 Å². The first kappa shape index (κ1) is 14.7. The molecule has 0 aromatic carbocycles. The second-order valence-corrected chi connectivity index (χ2v) is 6.96. The maximum absolute atomic E-state index is 12.5. The van der Waals surface area contributed by atoms with Gasteiger partial charge in [0.05, 0.1) is 19.1 Å². The molecule has 2 heterocycles. The number of carbonyl (C=O) groups is 1. The van der Waals surface area contributed by atoms with Crippen LogP contribution in [0.3, 0.4) is 0 Å². The van der Waals surface area contributed by atoms with E-state index in [1.807, 2.05) is 0 Å². The van der Waals surface area contributed by atoms with E-state index in [1.165, 1.54) is 8.61 Å². The number of rotatable bonds is 3. The molecular formula is C11H20N2O5S. The lowest BCUT2D eigenvalue weighted by molar-refractivity contribution is -0.142. The maximum Gasteiger partial charge on any atom is 0.307 e. The van der Waals surface area contributed by atoms with E-state index in [-0.39, 0.29) is 12.6 Å². The molecule has 2 fully saturated rings. The summed E-state index contributed by atoms with van der Waals surface area (Å²) in [6, 6.07) is -0.205. The van der Waals surface area contributed by atoms with Gasteiger partial charge in [-0.25, -0.2) is 0 Å². The van der Waals surface area contributed by atoms with Crippen molar-refractivity contribution in [3.63, 3.8) is 0 Å². The van der Waals surface area contributed by atoms with Gasteiger partial charge in [-0.2, -0.15) is 17.0 Å². The summed E-state index contributed by atoms with van der Waals surface area (Å²) in [5.41, 5.74) is 0. The minimum absolute atomic E-state index is 0.0712. The first-order valence-electron chi connectivity index (χ1n) is 6.50. The van der Waals surface area contributed by atoms with Gasteiger partial charge in [-0.05, 0) is 19.8 Å². The van der Waals surface area contributed by atoms with Crippen LogP contribution in [0.25, 0.3) is 0 Å². The van der Waals surface area contributed by atoms with Gasteiger partial charge in [0, 0.05) is 25.7 Å². The summed E-state index contributed by atoms with van der Waals surface area (Å²) in [6.07, 6.45) is 1.13. The molecular weight excluding hydrogens is 272 g/mol. The average Bonchev–Trinajstić information content (AvgIpc) is 2.39. The van der Waals surface area contributed by atoms with E-state index in [2.05, 4.69) is 0 Å². The minimum atomic E-state index is -3.58. The van der Waals surface area contributed by atoms with Crippen LogP contribution in [0, 0.1) is 5.92 Å². The normalized spacial score (nSPS) is 31.2. The molecule has 2 atom stereocenters. The first-order chi connectivity index (χ1) is 8.93. The zero-order chi connectivity index (χ0) is 14.0. The standard InChI is InChI=1S/C11H20N2O5S/c1-9-8-18-6-5-13(9)19(16,17)12-4-2-3-10(7-12)11(14)15/h9-10H,2-8H2,1H3,(H,14,15). The van der Waals surface area contributed by atoms with Crippen molar-refractivity contribution in [3.8, 4) is 0 Å². The summed E-state index contributed by atoms with van der Waals surface area (Å²) >= 11 is 0. The van der Waals surface area contributed by atoms with Crippen LogP contribution in [0.2, 0.25) is 0 Å². The Labute approximate surface area is 113 Å². The van der Waals surface area contributed by atoms with Gasteiger partial charge in [0.15, 0.2) is 0 Å². The third-order valence-electron chi connectivity index (χ3n) is 3.66. The van der Waals surface area contributed by atoms with E-state index in [0.29, 0.717) is 39.1 Å². The van der Waals surface area contributed by atoms with Crippen LogP contribution in [0.5, 0.6) is 0 Å². The topological polar surface area (TPSA) is 87.2 Å². The predicted molar refractivity (Wildman–Crippen MR) is 67.8 cm³/mol. The molecule has 0 radical (unpaired) electrons. The van der Waals surface area contributed by atoms with Crippen LogP contribution >= 0.6 is 0 Å². The van der Waals surface area contributed by atoms with Crippen molar-refractivity contribution in [1.29, 1.82) is 0 Å². The lowest BCUT2D eigenvalue weighted by atomic mass is 10.0. The molecule has 2 rings (SSSR count). The molecule has 0 bridgehead atoms. The van der Waals surface area contributed by atoms with E-state index < -0.39 is 22.1 Å². The number of morpholine rings is 1. The SMILES string of the molecule is CC1COCCN1S(=O)(=O)N1CCCC(C(=O)O)C1. The summed E-state index contributed by atoms with van der Waals surface area (Å²) in [5.74, 6) is -1.52. The molecule has 2 aliphatic heterocycles. The molecule has 0 spiro atoms. The second kappa shape index (κ2) is 5.74. The van der Waals surface area contributed by atoms with Crippen molar-refractivity contribution in [1.82, 2.24) is 8.61 Å². The molecule has 0 saturated carbocycles. The highest BCUT2D eigenvalue weighted by Gasteiger charge is 2.38. The van der Waals surface area contributed by atoms with Crippen LogP contribution in [0.15, 0.2) is 0 Å². The highest BCUT2D eigenvalue weighted by atomic mass is 32.2. The average molecular weight is 292 g/mol. The summed E-state index contributed by atoms with van der Waals surface area (Å²) in [5, 5.41) is 9.03. The fourth-order valence-electron chi connectivity index (χ4n) is 2.56. The van der Waals surface area contributed by atoms with Gasteiger partial charge in [0.25, 0.3) is 10.2 Å². The smallest absolute Gasteiger partial charge is 0.307 e. The lowest BCUT2D eigenvalue weighted by Gasteiger charge is -2.38. The Balaban J connectivity index is 2.12. The van der Waals surface area contributed by atoms with Gasteiger partial charge in [-0.3, -0.25) is 4.79 Å². The summed E-state index contributed by atoms with van der Waals surface area (Å²) in [6.45, 7) is 3.38. The Bertz CT molecular complexity index is 438. The van der Waals surface area contributed by atoms with Crippen LogP contribution in [-0.4, -0.2) is 67.0 Å². The molecule has 1 N–H and O–H groups in total. The van der Waals surface area contributed by atoms with Crippen LogP contribution in [0.4, 0.5) is 0 Å². The predicted octanol–water partition coefficient (Wildman–Crippen LogP) is -0.251. The zero-order valence-electron chi connectivity index (χ0n) is 11.0. The third-order valence-corrected chi connectivity index (χ3v) is 5.78. The third kappa shape index (κ3) is 3.07. The summed E-state index contributed by atoms with van der Waals surface area (Å²) < 4.78 is 33.0. The van der Waals surface area contributed by atoms with Crippen molar-refractivity contribution >= 4 is 16.2 Å². The zero-order valence-corrected chi connectivity index (χ0v) is 11.8. The van der Waals surface area contributed by atoms with Crippen molar-refractivity contribution < 1.29 is 23.1 Å². The number of carboxylic acid groups (broad SMARTS) is 1. The lowest BCUT2D eigenvalue weighted by Crippen LogP contribution is -2.55. The van der Waals surface area contributed by atoms with Crippen LogP contribution < -0.4 is 0 Å². The van der Waals surface area contributed by atoms with Gasteiger partial charge < -0.3 is 9.84 Å². The summed E-state index contributed by atoms with van der Waals surface area (Å²) in [4.78, 5) is 11.0. The molecule has 2 unspecified atom stereocenters. The number of nitrogens with zero attached hydrogens (tertiary/aromatic N) is 2. The van der Waals surface area contributed by atoms with E-state index in [9.17, 15) is 13.2 Å². The molecule has 110 valence electrons. The van der Waals surface area contributed by atoms with Crippen molar-refractivity contribution in [2.75, 3.05) is 32.8 Å². The monoisotopic (exact) mass is 292 g/mol. The van der Waals surface area contributed by atoms with E-state index in [1.54, 1.807) is 6.92 Å². The fourth-order valence-corrected chi connectivity index (χ4v) is 4.40. The van der Waals surface area contributed by atoms with E-state index in [0.717, 1.165) is 0 Å². The molecule has 0 aromatic rings. The minimum Gasteiger partial charge on any atom is -0.481 e. The highest BCUT2D eigenvalue weighted by molar-refractivity contribution is 7.86. The van der Waals surface area contributed by atoms with Gasteiger partial charge in [0.2, 0.25) is 0 Å². The Morgan fingerprint density at radius 3 is 2.74 bits per heavy atom. The number of carboxylic acids is 1. The molecule has 8 heteroatoms. The molecule has 19 heavy (non-hydrogen) atoms. The number of aliphatic carboxylic acids is 1. The molecule has 2 saturated heterocycles. The van der Waals surface area contributed by atoms with Gasteiger partial charge >= 0.3 is 5.97 Å². The molecule has 0 aliphatic carbocycles. The van der Waals surface area contributed by atoms with Crippen molar-refractivity contribution in [2.45, 2.75) is 25.8 Å². The Morgan fingerprint density at radius 1 is 1.37 bits per heavy atom. The molecule has 0 aromatic heterocycles. The largest absolute Gasteiger partial charge is 0.481 e. The fraction of sp³-hybridized carbons (Fsp3) is 0.909. The van der Waals surface area contributed by atoms with Crippen molar-refractivity contribution in [3.05, 3.63) is 0 Å². The molecule has 2 aliphatic rings. The van der Waals surface area contributed by atoms with E-state index in [4.69, 9.17) is 9.84 Å². The Hall–Kier alpha value is -0.700. The van der Waals surface area contributed by atoms with Gasteiger partial charge in [-0.15, -0.1) is 0 Å². The number of piperidine rings is 1. The maximum atomic E-state index is 12.5. The number of hydrogen-bond acceptors (Lipinski definition) is 4. The van der Waals surface area contributed by atoms with E-state index >= 15 is 0 Å². The van der Waals surface area contributed by atoms with Crippen LogP contribution in [-0.2, 0) is 19.7 Å². The van der Waals surface area contributed by atoms with Crippen LogP contribution in [0.1, 0.15) is 19.8 Å². The highest BCUT2D eigenvalue weighted by Crippen LogP contribution is 2.23. The number of hydrogen-bond donors (Lipinski definition) is 1. The quantitative estimate of drug-likeness (QED) is 0.775. The number of ether oxygens (including phenoxy) is 1. The van der Waals surface area contributed by atoms with Gasteiger partial charge in [-0.1, -0.05) is 0 Å². The van der Waals surface area contributed by atoms with Crippen molar-refractivity contribution in [2.24, 2.45) is 5.92 Å². The Kier molecular flexibility index (Phi) is 4.44.